The zero-order valence-corrected chi connectivity index (χ0v) is 9.96. The van der Waals surface area contributed by atoms with Crippen LogP contribution >= 0.6 is 15.9 Å². The van der Waals surface area contributed by atoms with Crippen LogP contribution in [0.4, 0.5) is 5.82 Å². The quantitative estimate of drug-likeness (QED) is 0.710. The maximum absolute atomic E-state index is 4.19. The van der Waals surface area contributed by atoms with Crippen molar-refractivity contribution < 1.29 is 0 Å². The second kappa shape index (κ2) is 3.62. The molecule has 3 nitrogen and oxygen atoms in total. The summed E-state index contributed by atoms with van der Waals surface area (Å²) in [6.45, 7) is 6.43. The van der Waals surface area contributed by atoms with Gasteiger partial charge in [0.15, 0.2) is 0 Å². The fraction of sp³-hybridized carbons (Fsp3) is 0.556. The maximum atomic E-state index is 4.19. The molecular formula is C9H14BrN3. The second-order valence-corrected chi connectivity index (χ2v) is 4.74. The Balaban J connectivity index is 2.96. The molecule has 13 heavy (non-hydrogen) atoms. The third-order valence-electron chi connectivity index (χ3n) is 1.97. The zero-order valence-electron chi connectivity index (χ0n) is 8.37. The molecule has 1 heterocycles. The van der Waals surface area contributed by atoms with Crippen LogP contribution in [0.1, 0.15) is 20.8 Å². The third kappa shape index (κ3) is 2.66. The van der Waals surface area contributed by atoms with Gasteiger partial charge in [-0.2, -0.15) is 0 Å². The number of rotatable bonds is 1. The minimum Gasteiger partial charge on any atom is -0.355 e. The van der Waals surface area contributed by atoms with Crippen LogP contribution in [0.3, 0.4) is 0 Å². The van der Waals surface area contributed by atoms with E-state index in [1.165, 1.54) is 0 Å². The average molecular weight is 244 g/mol. The monoisotopic (exact) mass is 243 g/mol. The van der Waals surface area contributed by atoms with E-state index in [-0.39, 0.29) is 5.54 Å². The first-order valence-electron chi connectivity index (χ1n) is 4.12. The van der Waals surface area contributed by atoms with E-state index in [9.17, 15) is 0 Å². The molecule has 0 spiro atoms. The van der Waals surface area contributed by atoms with Crippen molar-refractivity contribution in [3.05, 3.63) is 17.0 Å². The molecule has 0 aliphatic heterocycles. The van der Waals surface area contributed by atoms with Crippen molar-refractivity contribution in [3.63, 3.8) is 0 Å². The molecule has 0 unspecified atom stereocenters. The number of hydrogen-bond acceptors (Lipinski definition) is 3. The van der Waals surface area contributed by atoms with Gasteiger partial charge in [0.2, 0.25) is 0 Å². The molecule has 0 aromatic carbocycles. The molecule has 0 fully saturated rings. The fourth-order valence-electron chi connectivity index (χ4n) is 0.851. The maximum Gasteiger partial charge on any atom is 0.133 e. The van der Waals surface area contributed by atoms with Gasteiger partial charge in [-0.3, -0.25) is 0 Å². The molecule has 0 saturated carbocycles. The number of nitrogens with zero attached hydrogens (tertiary/aromatic N) is 3. The highest BCUT2D eigenvalue weighted by Gasteiger charge is 2.18. The number of anilines is 1. The second-order valence-electron chi connectivity index (χ2n) is 3.93. The van der Waals surface area contributed by atoms with Gasteiger partial charge < -0.3 is 4.90 Å². The molecule has 0 radical (unpaired) electrons. The van der Waals surface area contributed by atoms with Gasteiger partial charge in [-0.25, -0.2) is 9.97 Å². The van der Waals surface area contributed by atoms with Gasteiger partial charge in [0.05, 0.1) is 0 Å². The summed E-state index contributed by atoms with van der Waals surface area (Å²) in [6.07, 6.45) is 1.56. The van der Waals surface area contributed by atoms with Crippen LogP contribution in [-0.4, -0.2) is 22.6 Å². The largest absolute Gasteiger partial charge is 0.355 e. The van der Waals surface area contributed by atoms with Crippen LogP contribution in [-0.2, 0) is 0 Å². The fourth-order valence-corrected chi connectivity index (χ4v) is 1.15. The van der Waals surface area contributed by atoms with Crippen LogP contribution in [0.15, 0.2) is 17.0 Å². The normalized spacial score (nSPS) is 11.5. The first-order chi connectivity index (χ1) is 5.91. The first kappa shape index (κ1) is 10.4. The van der Waals surface area contributed by atoms with Crippen molar-refractivity contribution >= 4 is 21.7 Å². The summed E-state index contributed by atoms with van der Waals surface area (Å²) in [7, 11) is 2.02. The van der Waals surface area contributed by atoms with E-state index in [0.29, 0.717) is 0 Å². The van der Waals surface area contributed by atoms with E-state index >= 15 is 0 Å². The van der Waals surface area contributed by atoms with Gasteiger partial charge in [0, 0.05) is 18.7 Å². The van der Waals surface area contributed by atoms with Crippen LogP contribution in [0.25, 0.3) is 0 Å². The molecule has 1 rings (SSSR count). The van der Waals surface area contributed by atoms with Gasteiger partial charge in [0.25, 0.3) is 0 Å². The highest BCUT2D eigenvalue weighted by atomic mass is 79.9. The van der Waals surface area contributed by atoms with Crippen molar-refractivity contribution in [1.82, 2.24) is 9.97 Å². The zero-order chi connectivity index (χ0) is 10.1. The topological polar surface area (TPSA) is 29.0 Å². The average Bonchev–Trinajstić information content (AvgIpc) is 2.01. The molecule has 0 aliphatic rings. The summed E-state index contributed by atoms with van der Waals surface area (Å²) in [4.78, 5) is 10.3. The third-order valence-corrected chi connectivity index (χ3v) is 2.40. The van der Waals surface area contributed by atoms with E-state index in [4.69, 9.17) is 0 Å². The molecule has 0 saturated heterocycles. The summed E-state index contributed by atoms with van der Waals surface area (Å²) in [5, 5.41) is 0. The number of hydrogen-bond donors (Lipinski definition) is 0. The summed E-state index contributed by atoms with van der Waals surface area (Å²) < 4.78 is 0.814. The van der Waals surface area contributed by atoms with E-state index in [0.717, 1.165) is 10.4 Å². The minimum atomic E-state index is 0.0772. The lowest BCUT2D eigenvalue weighted by Crippen LogP contribution is -2.38. The number of aromatic nitrogens is 2. The summed E-state index contributed by atoms with van der Waals surface area (Å²) >= 11 is 3.32. The molecule has 0 N–H and O–H groups in total. The van der Waals surface area contributed by atoms with Gasteiger partial charge in [-0.1, -0.05) is 0 Å². The Hall–Kier alpha value is -0.640. The standard InChI is InChI=1S/C9H14BrN3/c1-9(2,3)13(4)8-5-7(10)11-6-12-8/h5-6H,1-4H3. The van der Waals surface area contributed by atoms with Crippen LogP contribution < -0.4 is 4.90 Å². The lowest BCUT2D eigenvalue weighted by molar-refractivity contribution is 0.533. The summed E-state index contributed by atoms with van der Waals surface area (Å²) in [5.41, 5.74) is 0.0772. The van der Waals surface area contributed by atoms with E-state index in [1.54, 1.807) is 6.33 Å². The van der Waals surface area contributed by atoms with Crippen molar-refractivity contribution in [3.8, 4) is 0 Å². The minimum absolute atomic E-state index is 0.0772. The molecule has 1 aromatic rings. The van der Waals surface area contributed by atoms with Crippen LogP contribution in [0.5, 0.6) is 0 Å². The van der Waals surface area contributed by atoms with Gasteiger partial charge in [-0.05, 0) is 36.7 Å². The Labute approximate surface area is 87.3 Å². The van der Waals surface area contributed by atoms with E-state index in [1.807, 2.05) is 13.1 Å². The lowest BCUT2D eigenvalue weighted by Gasteiger charge is -2.32. The Morgan fingerprint density at radius 3 is 2.38 bits per heavy atom. The molecule has 0 aliphatic carbocycles. The predicted octanol–water partition coefficient (Wildman–Crippen LogP) is 2.47. The molecule has 4 heteroatoms. The van der Waals surface area contributed by atoms with Crippen LogP contribution in [0, 0.1) is 0 Å². The highest BCUT2D eigenvalue weighted by Crippen LogP contribution is 2.20. The predicted molar refractivity (Wildman–Crippen MR) is 57.9 cm³/mol. The molecular weight excluding hydrogens is 230 g/mol. The summed E-state index contributed by atoms with van der Waals surface area (Å²) in [5.74, 6) is 0.925. The van der Waals surface area contributed by atoms with Crippen LogP contribution in [0.2, 0.25) is 0 Å². The molecule has 72 valence electrons. The highest BCUT2D eigenvalue weighted by molar-refractivity contribution is 9.10. The smallest absolute Gasteiger partial charge is 0.133 e. The van der Waals surface area contributed by atoms with Crippen molar-refractivity contribution in [2.75, 3.05) is 11.9 Å². The van der Waals surface area contributed by atoms with Gasteiger partial charge in [0.1, 0.15) is 16.7 Å². The molecule has 0 atom stereocenters. The van der Waals surface area contributed by atoms with Crippen molar-refractivity contribution in [2.24, 2.45) is 0 Å². The SMILES string of the molecule is CN(c1cc(Br)ncn1)C(C)(C)C. The summed E-state index contributed by atoms with van der Waals surface area (Å²) in [6, 6.07) is 1.91. The Morgan fingerprint density at radius 1 is 1.31 bits per heavy atom. The van der Waals surface area contributed by atoms with Gasteiger partial charge in [-0.15, -0.1) is 0 Å². The number of halogens is 1. The Bertz CT molecular complexity index is 293. The van der Waals surface area contributed by atoms with Crippen molar-refractivity contribution in [1.29, 1.82) is 0 Å². The molecule has 0 amide bonds. The first-order valence-corrected chi connectivity index (χ1v) is 4.92. The van der Waals surface area contributed by atoms with Crippen molar-refractivity contribution in [2.45, 2.75) is 26.3 Å². The lowest BCUT2D eigenvalue weighted by atomic mass is 10.1. The molecule has 0 bridgehead atoms. The Morgan fingerprint density at radius 2 is 1.92 bits per heavy atom. The van der Waals surface area contributed by atoms with E-state index < -0.39 is 0 Å². The molecule has 1 aromatic heterocycles. The van der Waals surface area contributed by atoms with E-state index in [2.05, 4.69) is 51.6 Å². The van der Waals surface area contributed by atoms with Gasteiger partial charge >= 0.3 is 0 Å². The Kier molecular flexibility index (Phi) is 2.91.